The van der Waals surface area contributed by atoms with Crippen LogP contribution in [0.5, 0.6) is 5.75 Å². The first kappa shape index (κ1) is 14.2. The summed E-state index contributed by atoms with van der Waals surface area (Å²) < 4.78 is 6.02. The molecule has 0 saturated heterocycles. The smallest absolute Gasteiger partial charge is 0.120 e. The highest BCUT2D eigenvalue weighted by Crippen LogP contribution is 2.26. The third kappa shape index (κ3) is 3.45. The molecule has 0 fully saturated rings. The van der Waals surface area contributed by atoms with Crippen molar-refractivity contribution in [3.63, 3.8) is 0 Å². The van der Waals surface area contributed by atoms with Gasteiger partial charge in [-0.05, 0) is 73.7 Å². The summed E-state index contributed by atoms with van der Waals surface area (Å²) in [6, 6.07) is 15.1. The normalized spacial score (nSPS) is 13.2. The Balaban J connectivity index is 1.67. The Bertz CT molecular complexity index is 606. The van der Waals surface area contributed by atoms with Crippen molar-refractivity contribution in [2.75, 3.05) is 13.6 Å². The number of likely N-dealkylation sites (N-methyl/N-ethyl adjacent to an activating group) is 1. The minimum atomic E-state index is 0.651. The molecule has 0 spiro atoms. The van der Waals surface area contributed by atoms with Crippen LogP contribution in [0.3, 0.4) is 0 Å². The molecular formula is C19H23NO. The first-order chi connectivity index (χ1) is 10.4. The molecule has 0 aliphatic heterocycles. The van der Waals surface area contributed by atoms with Crippen molar-refractivity contribution in [2.24, 2.45) is 0 Å². The van der Waals surface area contributed by atoms with Crippen molar-refractivity contribution >= 4 is 0 Å². The van der Waals surface area contributed by atoms with E-state index in [0.717, 1.165) is 18.7 Å². The van der Waals surface area contributed by atoms with E-state index < -0.39 is 0 Å². The van der Waals surface area contributed by atoms with Gasteiger partial charge in [0.15, 0.2) is 0 Å². The molecule has 3 rings (SSSR count). The van der Waals surface area contributed by atoms with Crippen LogP contribution in [0.1, 0.15) is 28.7 Å². The second kappa shape index (κ2) is 6.77. The molecule has 2 aromatic rings. The summed E-state index contributed by atoms with van der Waals surface area (Å²) in [5.41, 5.74) is 5.62. The zero-order valence-electron chi connectivity index (χ0n) is 12.7. The van der Waals surface area contributed by atoms with Crippen LogP contribution in [0.4, 0.5) is 0 Å². The number of hydrogen-bond acceptors (Lipinski definition) is 2. The Kier molecular flexibility index (Phi) is 4.56. The molecule has 2 heteroatoms. The van der Waals surface area contributed by atoms with Gasteiger partial charge in [0.1, 0.15) is 12.4 Å². The maximum absolute atomic E-state index is 6.02. The van der Waals surface area contributed by atoms with Crippen molar-refractivity contribution < 1.29 is 4.74 Å². The van der Waals surface area contributed by atoms with E-state index in [9.17, 15) is 0 Å². The molecular weight excluding hydrogens is 258 g/mol. The highest BCUT2D eigenvalue weighted by molar-refractivity contribution is 5.38. The highest BCUT2D eigenvalue weighted by atomic mass is 16.5. The standard InChI is InChI=1S/C19H23NO/c1-20-12-11-16-5-2-3-6-18(16)14-21-19-10-9-15-7-4-8-17(15)13-19/h2-3,5-6,9-10,13,20H,4,7-8,11-12,14H2,1H3. The van der Waals surface area contributed by atoms with Gasteiger partial charge in [-0.25, -0.2) is 0 Å². The summed E-state index contributed by atoms with van der Waals surface area (Å²) >= 11 is 0. The van der Waals surface area contributed by atoms with E-state index in [-0.39, 0.29) is 0 Å². The number of benzene rings is 2. The van der Waals surface area contributed by atoms with Gasteiger partial charge in [-0.1, -0.05) is 30.3 Å². The molecule has 2 aromatic carbocycles. The molecule has 0 saturated carbocycles. The van der Waals surface area contributed by atoms with E-state index in [1.165, 1.54) is 41.5 Å². The molecule has 0 bridgehead atoms. The predicted octanol–water partition coefficient (Wildman–Crippen LogP) is 3.52. The van der Waals surface area contributed by atoms with Gasteiger partial charge in [-0.2, -0.15) is 0 Å². The van der Waals surface area contributed by atoms with Gasteiger partial charge < -0.3 is 10.1 Å². The summed E-state index contributed by atoms with van der Waals surface area (Å²) in [5.74, 6) is 0.999. The molecule has 0 unspecified atom stereocenters. The van der Waals surface area contributed by atoms with Crippen molar-refractivity contribution in [1.82, 2.24) is 5.32 Å². The molecule has 0 heterocycles. The largest absolute Gasteiger partial charge is 0.489 e. The lowest BCUT2D eigenvalue weighted by molar-refractivity contribution is 0.304. The quantitative estimate of drug-likeness (QED) is 0.875. The Morgan fingerprint density at radius 1 is 1.00 bits per heavy atom. The number of nitrogens with one attached hydrogen (secondary N) is 1. The Labute approximate surface area is 127 Å². The lowest BCUT2D eigenvalue weighted by atomic mass is 10.1. The van der Waals surface area contributed by atoms with Crippen molar-refractivity contribution in [2.45, 2.75) is 32.3 Å². The van der Waals surface area contributed by atoms with Gasteiger partial charge in [0.2, 0.25) is 0 Å². The number of fused-ring (bicyclic) bond motifs is 1. The summed E-state index contributed by atoms with van der Waals surface area (Å²) in [6.45, 7) is 1.65. The third-order valence-electron chi connectivity index (χ3n) is 4.23. The van der Waals surface area contributed by atoms with Crippen molar-refractivity contribution in [3.05, 3.63) is 64.7 Å². The van der Waals surface area contributed by atoms with Crippen molar-refractivity contribution in [1.29, 1.82) is 0 Å². The van der Waals surface area contributed by atoms with Crippen LogP contribution < -0.4 is 10.1 Å². The second-order valence-corrected chi connectivity index (χ2v) is 5.70. The van der Waals surface area contributed by atoms with Gasteiger partial charge in [0.05, 0.1) is 0 Å². The average Bonchev–Trinajstić information content (AvgIpc) is 2.99. The van der Waals surface area contributed by atoms with E-state index in [2.05, 4.69) is 47.8 Å². The van der Waals surface area contributed by atoms with Crippen LogP contribution in [-0.4, -0.2) is 13.6 Å². The summed E-state index contributed by atoms with van der Waals surface area (Å²) in [5, 5.41) is 3.20. The van der Waals surface area contributed by atoms with Crippen LogP contribution in [0.15, 0.2) is 42.5 Å². The fraction of sp³-hybridized carbons (Fsp3) is 0.368. The summed E-state index contributed by atoms with van der Waals surface area (Å²) in [4.78, 5) is 0. The van der Waals surface area contributed by atoms with Crippen LogP contribution in [0.2, 0.25) is 0 Å². The molecule has 1 N–H and O–H groups in total. The fourth-order valence-corrected chi connectivity index (χ4v) is 3.00. The summed E-state index contributed by atoms with van der Waals surface area (Å²) in [7, 11) is 1.99. The third-order valence-corrected chi connectivity index (χ3v) is 4.23. The number of rotatable bonds is 6. The topological polar surface area (TPSA) is 21.3 Å². The molecule has 2 nitrogen and oxygen atoms in total. The van der Waals surface area contributed by atoms with Crippen LogP contribution in [0.25, 0.3) is 0 Å². The molecule has 0 amide bonds. The predicted molar refractivity (Wildman–Crippen MR) is 86.9 cm³/mol. The molecule has 0 atom stereocenters. The Morgan fingerprint density at radius 3 is 2.67 bits per heavy atom. The average molecular weight is 281 g/mol. The maximum Gasteiger partial charge on any atom is 0.120 e. The van der Waals surface area contributed by atoms with Crippen LogP contribution in [0, 0.1) is 0 Å². The van der Waals surface area contributed by atoms with Gasteiger partial charge in [-0.3, -0.25) is 0 Å². The summed E-state index contributed by atoms with van der Waals surface area (Å²) in [6.07, 6.45) is 4.75. The van der Waals surface area contributed by atoms with Crippen LogP contribution in [-0.2, 0) is 25.9 Å². The number of hydrogen-bond donors (Lipinski definition) is 1. The lowest BCUT2D eigenvalue weighted by Crippen LogP contribution is -2.12. The van der Waals surface area contributed by atoms with Gasteiger partial charge in [0, 0.05) is 0 Å². The number of aryl methyl sites for hydroxylation is 2. The van der Waals surface area contributed by atoms with E-state index >= 15 is 0 Å². The first-order valence-electron chi connectivity index (χ1n) is 7.83. The van der Waals surface area contributed by atoms with Gasteiger partial charge in [0.25, 0.3) is 0 Å². The molecule has 1 aliphatic carbocycles. The van der Waals surface area contributed by atoms with E-state index in [4.69, 9.17) is 4.74 Å². The number of ether oxygens (including phenoxy) is 1. The zero-order chi connectivity index (χ0) is 14.5. The molecule has 1 aliphatic rings. The SMILES string of the molecule is CNCCc1ccccc1COc1ccc2c(c1)CCC2. The van der Waals surface area contributed by atoms with E-state index in [1.807, 2.05) is 7.05 Å². The molecule has 110 valence electrons. The fourth-order valence-electron chi connectivity index (χ4n) is 3.00. The zero-order valence-corrected chi connectivity index (χ0v) is 12.7. The maximum atomic E-state index is 6.02. The van der Waals surface area contributed by atoms with E-state index in [1.54, 1.807) is 0 Å². The highest BCUT2D eigenvalue weighted by Gasteiger charge is 2.11. The molecule has 0 radical (unpaired) electrons. The molecule has 21 heavy (non-hydrogen) atoms. The first-order valence-corrected chi connectivity index (χ1v) is 7.83. The Morgan fingerprint density at radius 2 is 1.81 bits per heavy atom. The van der Waals surface area contributed by atoms with Crippen molar-refractivity contribution in [3.8, 4) is 5.75 Å². The Hall–Kier alpha value is -1.80. The van der Waals surface area contributed by atoms with Gasteiger partial charge in [-0.15, -0.1) is 0 Å². The minimum absolute atomic E-state index is 0.651. The van der Waals surface area contributed by atoms with E-state index in [0.29, 0.717) is 6.61 Å². The van der Waals surface area contributed by atoms with Gasteiger partial charge >= 0.3 is 0 Å². The monoisotopic (exact) mass is 281 g/mol. The molecule has 0 aromatic heterocycles. The van der Waals surface area contributed by atoms with Crippen LogP contribution >= 0.6 is 0 Å². The minimum Gasteiger partial charge on any atom is -0.489 e. The second-order valence-electron chi connectivity index (χ2n) is 5.70. The lowest BCUT2D eigenvalue weighted by Gasteiger charge is -2.12.